The van der Waals surface area contributed by atoms with Gasteiger partial charge in [0.2, 0.25) is 0 Å². The third-order valence-corrected chi connectivity index (χ3v) is 4.24. The highest BCUT2D eigenvalue weighted by Gasteiger charge is 2.24. The average molecular weight is 244 g/mol. The fraction of sp³-hybridized carbons (Fsp3) is 0.917. The maximum absolute atomic E-state index is 9.06. The summed E-state index contributed by atoms with van der Waals surface area (Å²) < 4.78 is 0. The van der Waals surface area contributed by atoms with Crippen molar-refractivity contribution in [1.29, 1.82) is 0 Å². The van der Waals surface area contributed by atoms with Crippen molar-refractivity contribution in [3.8, 4) is 0 Å². The molecule has 1 aliphatic rings. The molecule has 3 nitrogen and oxygen atoms in total. The fourth-order valence-electron chi connectivity index (χ4n) is 1.95. The maximum atomic E-state index is 9.06. The van der Waals surface area contributed by atoms with Crippen LogP contribution in [-0.4, -0.2) is 41.2 Å². The SMILES string of the molecule is CC(C)(CCN1CCC(CO)CC1)C(N)=S. The van der Waals surface area contributed by atoms with Crippen LogP contribution in [0.3, 0.4) is 0 Å². The molecule has 1 rings (SSSR count). The molecule has 0 unspecified atom stereocenters. The van der Waals surface area contributed by atoms with Crippen molar-refractivity contribution in [2.75, 3.05) is 26.2 Å². The highest BCUT2D eigenvalue weighted by Crippen LogP contribution is 2.23. The quantitative estimate of drug-likeness (QED) is 0.718. The molecule has 3 N–H and O–H groups in total. The Morgan fingerprint density at radius 1 is 1.44 bits per heavy atom. The Kier molecular flexibility index (Phi) is 5.15. The summed E-state index contributed by atoms with van der Waals surface area (Å²) in [5.74, 6) is 0.514. The van der Waals surface area contributed by atoms with Gasteiger partial charge in [-0.2, -0.15) is 0 Å². The first-order valence-electron chi connectivity index (χ1n) is 6.09. The first-order valence-corrected chi connectivity index (χ1v) is 6.49. The Morgan fingerprint density at radius 3 is 2.44 bits per heavy atom. The minimum atomic E-state index is -0.0385. The number of rotatable bonds is 5. The molecule has 1 aliphatic heterocycles. The van der Waals surface area contributed by atoms with Crippen molar-refractivity contribution in [1.82, 2.24) is 4.90 Å². The lowest BCUT2D eigenvalue weighted by Crippen LogP contribution is -2.39. The Morgan fingerprint density at radius 2 is 2.00 bits per heavy atom. The lowest BCUT2D eigenvalue weighted by atomic mass is 9.88. The Labute approximate surface area is 104 Å². The third kappa shape index (κ3) is 4.00. The largest absolute Gasteiger partial charge is 0.396 e. The predicted octanol–water partition coefficient (Wildman–Crippen LogP) is 1.39. The van der Waals surface area contributed by atoms with Gasteiger partial charge in [-0.15, -0.1) is 0 Å². The normalized spacial score (nSPS) is 19.9. The van der Waals surface area contributed by atoms with Crippen molar-refractivity contribution in [3.63, 3.8) is 0 Å². The molecule has 94 valence electrons. The van der Waals surface area contributed by atoms with Gasteiger partial charge in [0.05, 0.1) is 4.99 Å². The molecule has 0 bridgehead atoms. The van der Waals surface area contributed by atoms with E-state index in [1.54, 1.807) is 0 Å². The lowest BCUT2D eigenvalue weighted by molar-refractivity contribution is 0.126. The van der Waals surface area contributed by atoms with Crippen LogP contribution >= 0.6 is 12.2 Å². The number of piperidine rings is 1. The molecular formula is C12H24N2OS. The third-order valence-electron chi connectivity index (χ3n) is 3.69. The molecule has 0 saturated carbocycles. The van der Waals surface area contributed by atoms with E-state index in [0.29, 0.717) is 17.5 Å². The highest BCUT2D eigenvalue weighted by molar-refractivity contribution is 7.80. The molecule has 0 aromatic carbocycles. The number of nitrogens with two attached hydrogens (primary N) is 1. The fourth-order valence-corrected chi connectivity index (χ4v) is 2.06. The van der Waals surface area contributed by atoms with Gasteiger partial charge in [0.1, 0.15) is 0 Å². The van der Waals surface area contributed by atoms with Gasteiger partial charge in [-0.05, 0) is 44.8 Å². The van der Waals surface area contributed by atoms with E-state index in [1.165, 1.54) is 0 Å². The summed E-state index contributed by atoms with van der Waals surface area (Å²) in [5, 5.41) is 9.06. The molecule has 0 amide bonds. The molecular weight excluding hydrogens is 220 g/mol. The lowest BCUT2D eigenvalue weighted by Gasteiger charge is -2.33. The van der Waals surface area contributed by atoms with Gasteiger partial charge >= 0.3 is 0 Å². The number of nitrogens with zero attached hydrogens (tertiary/aromatic N) is 1. The molecule has 0 spiro atoms. The van der Waals surface area contributed by atoms with Gasteiger partial charge in [0.25, 0.3) is 0 Å². The minimum Gasteiger partial charge on any atom is -0.396 e. The second kappa shape index (κ2) is 5.94. The Balaban J connectivity index is 2.27. The van der Waals surface area contributed by atoms with Crippen LogP contribution in [-0.2, 0) is 0 Å². The second-order valence-corrected chi connectivity index (χ2v) is 5.91. The van der Waals surface area contributed by atoms with Crippen molar-refractivity contribution < 1.29 is 5.11 Å². The van der Waals surface area contributed by atoms with E-state index in [0.717, 1.165) is 38.9 Å². The molecule has 0 aromatic rings. The number of hydrogen-bond donors (Lipinski definition) is 2. The maximum Gasteiger partial charge on any atom is 0.0784 e. The van der Waals surface area contributed by atoms with Gasteiger partial charge in [-0.3, -0.25) is 0 Å². The van der Waals surface area contributed by atoms with Crippen LogP contribution in [0.15, 0.2) is 0 Å². The zero-order chi connectivity index (χ0) is 12.2. The van der Waals surface area contributed by atoms with Gasteiger partial charge in [-0.25, -0.2) is 0 Å². The number of likely N-dealkylation sites (tertiary alicyclic amines) is 1. The van der Waals surface area contributed by atoms with Crippen LogP contribution in [0.25, 0.3) is 0 Å². The Bertz CT molecular complexity index is 235. The summed E-state index contributed by atoms with van der Waals surface area (Å²) in [4.78, 5) is 3.06. The zero-order valence-corrected chi connectivity index (χ0v) is 11.2. The second-order valence-electron chi connectivity index (χ2n) is 5.47. The zero-order valence-electron chi connectivity index (χ0n) is 10.4. The van der Waals surface area contributed by atoms with E-state index in [2.05, 4.69) is 18.7 Å². The molecule has 0 radical (unpaired) electrons. The van der Waals surface area contributed by atoms with Gasteiger partial charge in [-0.1, -0.05) is 26.1 Å². The first kappa shape index (κ1) is 13.9. The molecule has 0 aliphatic carbocycles. The molecule has 16 heavy (non-hydrogen) atoms. The van der Waals surface area contributed by atoms with E-state index in [4.69, 9.17) is 23.1 Å². The number of thiocarbonyl (C=S) groups is 1. The number of aliphatic hydroxyl groups is 1. The van der Waals surface area contributed by atoms with Crippen LogP contribution < -0.4 is 5.73 Å². The van der Waals surface area contributed by atoms with Crippen LogP contribution in [0.2, 0.25) is 0 Å². The van der Waals surface area contributed by atoms with Crippen molar-refractivity contribution >= 4 is 17.2 Å². The van der Waals surface area contributed by atoms with Crippen LogP contribution in [0, 0.1) is 11.3 Å². The summed E-state index contributed by atoms with van der Waals surface area (Å²) in [6.07, 6.45) is 3.25. The van der Waals surface area contributed by atoms with E-state index in [9.17, 15) is 0 Å². The molecule has 1 saturated heterocycles. The first-order chi connectivity index (χ1) is 7.45. The topological polar surface area (TPSA) is 49.5 Å². The summed E-state index contributed by atoms with van der Waals surface area (Å²) in [7, 11) is 0. The van der Waals surface area contributed by atoms with E-state index >= 15 is 0 Å². The van der Waals surface area contributed by atoms with Gasteiger partial charge in [0.15, 0.2) is 0 Å². The molecule has 4 heteroatoms. The highest BCUT2D eigenvalue weighted by atomic mass is 32.1. The van der Waals surface area contributed by atoms with Crippen LogP contribution in [0.5, 0.6) is 0 Å². The molecule has 1 heterocycles. The Hall–Kier alpha value is -0.190. The number of aliphatic hydroxyl groups excluding tert-OH is 1. The van der Waals surface area contributed by atoms with Crippen molar-refractivity contribution in [2.24, 2.45) is 17.1 Å². The van der Waals surface area contributed by atoms with Gasteiger partial charge < -0.3 is 15.7 Å². The minimum absolute atomic E-state index is 0.0385. The summed E-state index contributed by atoms with van der Waals surface area (Å²) in [6.45, 7) is 7.80. The number of hydrogen-bond acceptors (Lipinski definition) is 3. The van der Waals surface area contributed by atoms with E-state index < -0.39 is 0 Å². The van der Waals surface area contributed by atoms with E-state index in [-0.39, 0.29) is 5.41 Å². The van der Waals surface area contributed by atoms with Crippen molar-refractivity contribution in [2.45, 2.75) is 33.1 Å². The van der Waals surface area contributed by atoms with E-state index in [1.807, 2.05) is 0 Å². The van der Waals surface area contributed by atoms with Gasteiger partial charge in [0, 0.05) is 12.0 Å². The summed E-state index contributed by atoms with van der Waals surface area (Å²) >= 11 is 5.06. The summed E-state index contributed by atoms with van der Waals surface area (Å²) in [5.41, 5.74) is 5.67. The molecule has 1 fully saturated rings. The smallest absolute Gasteiger partial charge is 0.0784 e. The van der Waals surface area contributed by atoms with Crippen LogP contribution in [0.1, 0.15) is 33.1 Å². The summed E-state index contributed by atoms with van der Waals surface area (Å²) in [6, 6.07) is 0. The standard InChI is InChI=1S/C12H24N2OS/c1-12(2,11(13)16)5-8-14-6-3-10(9-15)4-7-14/h10,15H,3-9H2,1-2H3,(H2,13,16). The molecule has 0 atom stereocenters. The average Bonchev–Trinajstić information content (AvgIpc) is 2.27. The van der Waals surface area contributed by atoms with Crippen molar-refractivity contribution in [3.05, 3.63) is 0 Å². The monoisotopic (exact) mass is 244 g/mol. The van der Waals surface area contributed by atoms with Crippen LogP contribution in [0.4, 0.5) is 0 Å². The molecule has 0 aromatic heterocycles. The predicted molar refractivity (Wildman–Crippen MR) is 71.4 cm³/mol.